The second kappa shape index (κ2) is 6.72. The maximum Gasteiger partial charge on any atom is 0.292 e. The van der Waals surface area contributed by atoms with E-state index in [1.54, 1.807) is 6.07 Å². The van der Waals surface area contributed by atoms with Gasteiger partial charge in [-0.3, -0.25) is 10.1 Å². The highest BCUT2D eigenvalue weighted by atomic mass is 79.9. The number of nitrogens with zero attached hydrogens (tertiary/aromatic N) is 2. The molecule has 0 amide bonds. The number of hydrogen-bond acceptors (Lipinski definition) is 3. The topological polar surface area (TPSA) is 46.4 Å². The molecule has 2 rings (SSSR count). The first-order valence-corrected chi connectivity index (χ1v) is 7.73. The van der Waals surface area contributed by atoms with Gasteiger partial charge in [0.2, 0.25) is 0 Å². The van der Waals surface area contributed by atoms with Crippen LogP contribution in [0.4, 0.5) is 11.4 Å². The van der Waals surface area contributed by atoms with Crippen molar-refractivity contribution < 1.29 is 4.92 Å². The minimum Gasteiger partial charge on any atom is -0.365 e. The minimum absolute atomic E-state index is 0.141. The molecule has 4 nitrogen and oxygen atoms in total. The summed E-state index contributed by atoms with van der Waals surface area (Å²) in [7, 11) is 1.87. The molecule has 0 atom stereocenters. The van der Waals surface area contributed by atoms with Crippen molar-refractivity contribution >= 4 is 27.3 Å². The number of nitro benzene ring substituents is 1. The molecule has 5 heteroatoms. The van der Waals surface area contributed by atoms with Crippen molar-refractivity contribution in [3.63, 3.8) is 0 Å². The van der Waals surface area contributed by atoms with Crippen molar-refractivity contribution in [2.45, 2.75) is 18.8 Å². The first kappa shape index (κ1) is 15.5. The summed E-state index contributed by atoms with van der Waals surface area (Å²) in [5, 5.41) is 11.9. The third-order valence-electron chi connectivity index (χ3n) is 3.30. The lowest BCUT2D eigenvalue weighted by Gasteiger charge is -2.20. The molecule has 0 fully saturated rings. The van der Waals surface area contributed by atoms with Crippen molar-refractivity contribution in [3.8, 4) is 0 Å². The van der Waals surface area contributed by atoms with E-state index in [9.17, 15) is 10.1 Å². The van der Waals surface area contributed by atoms with Gasteiger partial charge in [0.25, 0.3) is 5.69 Å². The van der Waals surface area contributed by atoms with E-state index < -0.39 is 0 Å². The van der Waals surface area contributed by atoms with Crippen molar-refractivity contribution in [2.75, 3.05) is 11.9 Å². The molecule has 0 aliphatic rings. The van der Waals surface area contributed by atoms with Crippen LogP contribution in [-0.4, -0.2) is 12.0 Å². The summed E-state index contributed by atoms with van der Waals surface area (Å²) in [6, 6.07) is 13.5. The summed E-state index contributed by atoms with van der Waals surface area (Å²) in [4.78, 5) is 12.8. The molecule has 0 saturated heterocycles. The van der Waals surface area contributed by atoms with Crippen LogP contribution in [0.2, 0.25) is 0 Å². The molecule has 2 aromatic carbocycles. The lowest BCUT2D eigenvalue weighted by Crippen LogP contribution is -2.17. The van der Waals surface area contributed by atoms with E-state index in [0.717, 1.165) is 11.1 Å². The summed E-state index contributed by atoms with van der Waals surface area (Å²) < 4.78 is 0. The SMILES string of the molecule is Cc1cccc(CN(C)c2ccc(CBr)cc2[N+](=O)[O-])c1. The van der Waals surface area contributed by atoms with E-state index >= 15 is 0 Å². The number of aryl methyl sites for hydroxylation is 1. The van der Waals surface area contributed by atoms with Gasteiger partial charge in [0, 0.05) is 25.0 Å². The van der Waals surface area contributed by atoms with E-state index in [1.807, 2.05) is 49.2 Å². The van der Waals surface area contributed by atoms with Crippen molar-refractivity contribution in [1.29, 1.82) is 0 Å². The van der Waals surface area contributed by atoms with Gasteiger partial charge in [0.15, 0.2) is 0 Å². The van der Waals surface area contributed by atoms with Crippen LogP contribution in [0, 0.1) is 17.0 Å². The highest BCUT2D eigenvalue weighted by molar-refractivity contribution is 9.08. The fraction of sp³-hybridized carbons (Fsp3) is 0.250. The zero-order chi connectivity index (χ0) is 15.4. The Morgan fingerprint density at radius 3 is 2.57 bits per heavy atom. The minimum atomic E-state index is -0.325. The Labute approximate surface area is 132 Å². The van der Waals surface area contributed by atoms with Crippen LogP contribution in [0.3, 0.4) is 0 Å². The van der Waals surface area contributed by atoms with Crippen LogP contribution >= 0.6 is 15.9 Å². The lowest BCUT2D eigenvalue weighted by molar-refractivity contribution is -0.384. The summed E-state index contributed by atoms with van der Waals surface area (Å²) in [6.07, 6.45) is 0. The number of anilines is 1. The number of hydrogen-bond donors (Lipinski definition) is 0. The molecule has 0 aliphatic heterocycles. The van der Waals surface area contributed by atoms with E-state index in [0.29, 0.717) is 17.6 Å². The fourth-order valence-corrected chi connectivity index (χ4v) is 2.64. The zero-order valence-electron chi connectivity index (χ0n) is 12.0. The number of alkyl halides is 1. The maximum absolute atomic E-state index is 11.3. The number of halogens is 1. The molecule has 110 valence electrons. The summed E-state index contributed by atoms with van der Waals surface area (Å²) in [5.74, 6) is 0. The van der Waals surface area contributed by atoms with Gasteiger partial charge in [-0.1, -0.05) is 51.8 Å². The molecule has 0 spiro atoms. The van der Waals surface area contributed by atoms with E-state index in [1.165, 1.54) is 5.56 Å². The highest BCUT2D eigenvalue weighted by Gasteiger charge is 2.17. The molecule has 0 heterocycles. The second-order valence-corrected chi connectivity index (χ2v) is 5.62. The lowest BCUT2D eigenvalue weighted by atomic mass is 10.1. The molecule has 0 aliphatic carbocycles. The predicted molar refractivity (Wildman–Crippen MR) is 89.0 cm³/mol. The molecule has 2 aromatic rings. The second-order valence-electron chi connectivity index (χ2n) is 5.06. The predicted octanol–water partition coefficient (Wildman–Crippen LogP) is 4.43. The van der Waals surface area contributed by atoms with Crippen LogP contribution in [-0.2, 0) is 11.9 Å². The average Bonchev–Trinajstić information content (AvgIpc) is 2.46. The van der Waals surface area contributed by atoms with Gasteiger partial charge >= 0.3 is 0 Å². The quantitative estimate of drug-likeness (QED) is 0.456. The molecule has 0 radical (unpaired) electrons. The normalized spacial score (nSPS) is 10.4. The van der Waals surface area contributed by atoms with Crippen LogP contribution in [0.1, 0.15) is 16.7 Å². The van der Waals surface area contributed by atoms with Crippen LogP contribution in [0.15, 0.2) is 42.5 Å². The molecule has 21 heavy (non-hydrogen) atoms. The van der Waals surface area contributed by atoms with Gasteiger partial charge in [0.1, 0.15) is 5.69 Å². The van der Waals surface area contributed by atoms with Gasteiger partial charge < -0.3 is 4.90 Å². The average molecular weight is 349 g/mol. The Bertz CT molecular complexity index is 658. The monoisotopic (exact) mass is 348 g/mol. The van der Waals surface area contributed by atoms with Crippen LogP contribution in [0.25, 0.3) is 0 Å². The van der Waals surface area contributed by atoms with Gasteiger partial charge in [-0.25, -0.2) is 0 Å². The third-order valence-corrected chi connectivity index (χ3v) is 3.95. The fourth-order valence-electron chi connectivity index (χ4n) is 2.29. The summed E-state index contributed by atoms with van der Waals surface area (Å²) in [6.45, 7) is 2.67. The standard InChI is InChI=1S/C16H17BrN2O2/c1-12-4-3-5-14(8-12)11-18(2)15-7-6-13(10-17)9-16(15)19(20)21/h3-9H,10-11H2,1-2H3. The Morgan fingerprint density at radius 1 is 1.19 bits per heavy atom. The van der Waals surface area contributed by atoms with Gasteiger partial charge in [-0.05, 0) is 24.1 Å². The van der Waals surface area contributed by atoms with Gasteiger partial charge in [-0.15, -0.1) is 0 Å². The Morgan fingerprint density at radius 2 is 1.95 bits per heavy atom. The number of benzene rings is 2. The van der Waals surface area contributed by atoms with E-state index in [-0.39, 0.29) is 10.6 Å². The third kappa shape index (κ3) is 3.82. The van der Waals surface area contributed by atoms with Gasteiger partial charge in [0.05, 0.1) is 4.92 Å². The maximum atomic E-state index is 11.3. The Kier molecular flexibility index (Phi) is 4.96. The molecule has 0 aromatic heterocycles. The Hall–Kier alpha value is -1.88. The first-order valence-electron chi connectivity index (χ1n) is 6.61. The summed E-state index contributed by atoms with van der Waals surface area (Å²) >= 11 is 3.33. The largest absolute Gasteiger partial charge is 0.365 e. The first-order chi connectivity index (χ1) is 10.0. The molecular weight excluding hydrogens is 332 g/mol. The smallest absolute Gasteiger partial charge is 0.292 e. The molecular formula is C16H17BrN2O2. The van der Waals surface area contributed by atoms with E-state index in [2.05, 4.69) is 22.0 Å². The summed E-state index contributed by atoms with van der Waals surface area (Å²) in [5.41, 5.74) is 3.99. The molecule has 0 saturated carbocycles. The molecule has 0 N–H and O–H groups in total. The zero-order valence-corrected chi connectivity index (χ0v) is 13.6. The van der Waals surface area contributed by atoms with Crippen LogP contribution < -0.4 is 4.90 Å². The van der Waals surface area contributed by atoms with Gasteiger partial charge in [-0.2, -0.15) is 0 Å². The van der Waals surface area contributed by atoms with E-state index in [4.69, 9.17) is 0 Å². The molecule has 0 unspecified atom stereocenters. The number of nitro groups is 1. The molecule has 0 bridgehead atoms. The Balaban J connectivity index is 2.30. The van der Waals surface area contributed by atoms with Crippen LogP contribution in [0.5, 0.6) is 0 Å². The van der Waals surface area contributed by atoms with Crippen molar-refractivity contribution in [1.82, 2.24) is 0 Å². The highest BCUT2D eigenvalue weighted by Crippen LogP contribution is 2.30. The van der Waals surface area contributed by atoms with Crippen molar-refractivity contribution in [2.24, 2.45) is 0 Å². The number of rotatable bonds is 5. The van der Waals surface area contributed by atoms with Crippen molar-refractivity contribution in [3.05, 3.63) is 69.3 Å².